The molecule has 1 saturated carbocycles. The number of hydrogen-bond donors (Lipinski definition) is 1. The number of fused-ring (bicyclic) bond motifs is 2. The minimum Gasteiger partial charge on any atom is -0.317 e. The molecule has 3 atom stereocenters. The molecular formula is C14H19ClN2. The van der Waals surface area contributed by atoms with Gasteiger partial charge < -0.3 is 5.32 Å². The highest BCUT2D eigenvalue weighted by Gasteiger charge is 2.35. The van der Waals surface area contributed by atoms with Gasteiger partial charge in [0.2, 0.25) is 0 Å². The van der Waals surface area contributed by atoms with Gasteiger partial charge in [0.1, 0.15) is 5.15 Å². The van der Waals surface area contributed by atoms with Crippen molar-refractivity contribution >= 4 is 11.6 Å². The first-order chi connectivity index (χ1) is 8.33. The van der Waals surface area contributed by atoms with Crippen LogP contribution in [0.2, 0.25) is 5.15 Å². The highest BCUT2D eigenvalue weighted by Crippen LogP contribution is 2.46. The van der Waals surface area contributed by atoms with E-state index < -0.39 is 0 Å². The summed E-state index contributed by atoms with van der Waals surface area (Å²) in [7, 11) is 0. The molecule has 1 aliphatic carbocycles. The lowest BCUT2D eigenvalue weighted by atomic mass is 9.88. The Hall–Kier alpha value is -0.600. The van der Waals surface area contributed by atoms with Crippen molar-refractivity contribution < 1.29 is 0 Å². The maximum Gasteiger partial charge on any atom is 0.129 e. The molecule has 17 heavy (non-hydrogen) atoms. The summed E-state index contributed by atoms with van der Waals surface area (Å²) < 4.78 is 0. The van der Waals surface area contributed by atoms with E-state index in [0.717, 1.165) is 11.8 Å². The Morgan fingerprint density at radius 2 is 2.06 bits per heavy atom. The monoisotopic (exact) mass is 250 g/mol. The first-order valence-corrected chi connectivity index (χ1v) is 7.03. The third kappa shape index (κ3) is 2.48. The van der Waals surface area contributed by atoms with Crippen LogP contribution < -0.4 is 5.32 Å². The van der Waals surface area contributed by atoms with Gasteiger partial charge in [0.05, 0.1) is 0 Å². The molecule has 1 aromatic heterocycles. The summed E-state index contributed by atoms with van der Waals surface area (Å²) in [6, 6.07) is 4.10. The zero-order chi connectivity index (χ0) is 11.7. The van der Waals surface area contributed by atoms with Crippen LogP contribution in [0, 0.1) is 11.8 Å². The van der Waals surface area contributed by atoms with E-state index in [1.807, 2.05) is 12.3 Å². The van der Waals surface area contributed by atoms with Crippen molar-refractivity contribution in [3.8, 4) is 0 Å². The van der Waals surface area contributed by atoms with Crippen LogP contribution in [0.1, 0.15) is 37.2 Å². The second-order valence-electron chi connectivity index (χ2n) is 5.45. The first kappa shape index (κ1) is 11.5. The van der Waals surface area contributed by atoms with E-state index >= 15 is 0 Å². The second kappa shape index (κ2) is 4.95. The molecule has 1 N–H and O–H groups in total. The Kier molecular flexibility index (Phi) is 3.34. The predicted molar refractivity (Wildman–Crippen MR) is 70.3 cm³/mol. The van der Waals surface area contributed by atoms with Crippen molar-refractivity contribution in [3.63, 3.8) is 0 Å². The van der Waals surface area contributed by atoms with Crippen LogP contribution in [0.4, 0.5) is 0 Å². The van der Waals surface area contributed by atoms with Gasteiger partial charge in [-0.1, -0.05) is 17.7 Å². The fourth-order valence-corrected chi connectivity index (χ4v) is 3.64. The van der Waals surface area contributed by atoms with Crippen LogP contribution in [0.3, 0.4) is 0 Å². The van der Waals surface area contributed by atoms with Gasteiger partial charge in [-0.25, -0.2) is 4.98 Å². The van der Waals surface area contributed by atoms with Crippen LogP contribution in [0.15, 0.2) is 18.3 Å². The van der Waals surface area contributed by atoms with E-state index in [2.05, 4.69) is 16.4 Å². The number of aromatic nitrogens is 1. The average Bonchev–Trinajstić information content (AvgIpc) is 2.72. The summed E-state index contributed by atoms with van der Waals surface area (Å²) in [5, 5.41) is 4.14. The maximum absolute atomic E-state index is 5.86. The molecule has 1 aliphatic heterocycles. The lowest BCUT2D eigenvalue weighted by Gasteiger charge is -2.20. The predicted octanol–water partition coefficient (Wildman–Crippen LogP) is 3.23. The maximum atomic E-state index is 5.86. The highest BCUT2D eigenvalue weighted by molar-refractivity contribution is 6.29. The normalized spacial score (nSPS) is 33.1. The topological polar surface area (TPSA) is 24.9 Å². The molecule has 92 valence electrons. The summed E-state index contributed by atoms with van der Waals surface area (Å²) in [6.45, 7) is 2.37. The first-order valence-electron chi connectivity index (χ1n) is 6.65. The number of nitrogens with one attached hydrogen (secondary N) is 1. The van der Waals surface area contributed by atoms with Gasteiger partial charge in [-0.15, -0.1) is 0 Å². The molecule has 1 aromatic rings. The molecule has 2 aliphatic rings. The van der Waals surface area contributed by atoms with Crippen LogP contribution in [0.5, 0.6) is 0 Å². The van der Waals surface area contributed by atoms with E-state index in [4.69, 9.17) is 11.6 Å². The lowest BCUT2D eigenvalue weighted by Crippen LogP contribution is -2.23. The van der Waals surface area contributed by atoms with Crippen LogP contribution in [-0.2, 0) is 0 Å². The highest BCUT2D eigenvalue weighted by atomic mass is 35.5. The third-order valence-electron chi connectivity index (χ3n) is 4.39. The van der Waals surface area contributed by atoms with Gasteiger partial charge in [-0.05, 0) is 68.2 Å². The molecule has 1 saturated heterocycles. The smallest absolute Gasteiger partial charge is 0.129 e. The molecular weight excluding hydrogens is 232 g/mol. The summed E-state index contributed by atoms with van der Waals surface area (Å²) in [5.41, 5.74) is 1.39. The third-order valence-corrected chi connectivity index (χ3v) is 4.62. The van der Waals surface area contributed by atoms with E-state index in [-0.39, 0.29) is 0 Å². The number of halogens is 1. The molecule has 0 aromatic carbocycles. The fourth-order valence-electron chi connectivity index (χ4n) is 3.53. The average molecular weight is 251 g/mol. The number of hydrogen-bond acceptors (Lipinski definition) is 2. The summed E-state index contributed by atoms with van der Waals surface area (Å²) in [6.07, 6.45) is 7.39. The van der Waals surface area contributed by atoms with Gasteiger partial charge in [-0.2, -0.15) is 0 Å². The molecule has 2 fully saturated rings. The standard InChI is InChI=1S/C14H19ClN2/c15-14-2-1-12(9-17-14)13-8-10-3-5-16-6-4-11(13)7-10/h1-2,9-11,13,16H,3-8H2. The number of pyridine rings is 1. The van der Waals surface area contributed by atoms with Crippen LogP contribution in [0.25, 0.3) is 0 Å². The zero-order valence-electron chi connectivity index (χ0n) is 10.0. The quantitative estimate of drug-likeness (QED) is 0.774. The lowest BCUT2D eigenvalue weighted by molar-refractivity contribution is 0.385. The fraction of sp³-hybridized carbons (Fsp3) is 0.643. The van der Waals surface area contributed by atoms with E-state index in [9.17, 15) is 0 Å². The van der Waals surface area contributed by atoms with Crippen molar-refractivity contribution in [1.82, 2.24) is 10.3 Å². The molecule has 3 heteroatoms. The van der Waals surface area contributed by atoms with Crippen molar-refractivity contribution in [1.29, 1.82) is 0 Å². The van der Waals surface area contributed by atoms with Crippen LogP contribution >= 0.6 is 11.6 Å². The Morgan fingerprint density at radius 1 is 1.18 bits per heavy atom. The van der Waals surface area contributed by atoms with Crippen molar-refractivity contribution in [2.24, 2.45) is 11.8 Å². The van der Waals surface area contributed by atoms with Gasteiger partial charge in [0.15, 0.2) is 0 Å². The van der Waals surface area contributed by atoms with Crippen molar-refractivity contribution in [3.05, 3.63) is 29.0 Å². The Labute approximate surface area is 108 Å². The van der Waals surface area contributed by atoms with Gasteiger partial charge in [0.25, 0.3) is 0 Å². The van der Waals surface area contributed by atoms with Crippen molar-refractivity contribution in [2.45, 2.75) is 31.6 Å². The Morgan fingerprint density at radius 3 is 2.88 bits per heavy atom. The second-order valence-corrected chi connectivity index (χ2v) is 5.83. The Balaban J connectivity index is 1.80. The minimum atomic E-state index is 0.603. The molecule has 3 unspecified atom stereocenters. The molecule has 0 spiro atoms. The molecule has 0 amide bonds. The van der Waals surface area contributed by atoms with E-state index in [1.165, 1.54) is 44.3 Å². The summed E-state index contributed by atoms with van der Waals surface area (Å²) >= 11 is 5.86. The molecule has 2 heterocycles. The molecule has 3 rings (SSSR count). The minimum absolute atomic E-state index is 0.603. The van der Waals surface area contributed by atoms with Gasteiger partial charge in [-0.3, -0.25) is 0 Å². The largest absolute Gasteiger partial charge is 0.317 e. The molecule has 2 nitrogen and oxygen atoms in total. The SMILES string of the molecule is Clc1ccc(C2CC3CCNCCC2C3)cn1. The number of rotatable bonds is 1. The van der Waals surface area contributed by atoms with Crippen LogP contribution in [-0.4, -0.2) is 18.1 Å². The van der Waals surface area contributed by atoms with E-state index in [0.29, 0.717) is 11.1 Å². The summed E-state index contributed by atoms with van der Waals surface area (Å²) in [5.74, 6) is 2.47. The zero-order valence-corrected chi connectivity index (χ0v) is 10.8. The molecule has 2 bridgehead atoms. The molecule has 0 radical (unpaired) electrons. The van der Waals surface area contributed by atoms with E-state index in [1.54, 1.807) is 0 Å². The van der Waals surface area contributed by atoms with Crippen molar-refractivity contribution in [2.75, 3.05) is 13.1 Å². The van der Waals surface area contributed by atoms with Gasteiger partial charge >= 0.3 is 0 Å². The summed E-state index contributed by atoms with van der Waals surface area (Å²) in [4.78, 5) is 4.23. The van der Waals surface area contributed by atoms with Gasteiger partial charge in [0, 0.05) is 6.20 Å². The number of nitrogens with zero attached hydrogens (tertiary/aromatic N) is 1. The Bertz CT molecular complexity index is 376.